The molecule has 26 heavy (non-hydrogen) atoms. The maximum atomic E-state index is 13.6. The van der Waals surface area contributed by atoms with E-state index >= 15 is 0 Å². The molecule has 0 atom stereocenters. The Balaban J connectivity index is 2.16. The summed E-state index contributed by atoms with van der Waals surface area (Å²) in [6.45, 7) is 0. The molecule has 0 fully saturated rings. The summed E-state index contributed by atoms with van der Waals surface area (Å²) in [5, 5.41) is 18.7. The molecule has 0 bridgehead atoms. The van der Waals surface area contributed by atoms with Crippen molar-refractivity contribution in [2.45, 2.75) is 0 Å². The van der Waals surface area contributed by atoms with E-state index in [4.69, 9.17) is 17.3 Å². The summed E-state index contributed by atoms with van der Waals surface area (Å²) >= 11 is 5.69. The van der Waals surface area contributed by atoms with Crippen LogP contribution >= 0.6 is 11.6 Å². The van der Waals surface area contributed by atoms with Gasteiger partial charge in [-0.25, -0.2) is 4.39 Å². The molecule has 0 unspecified atom stereocenters. The van der Waals surface area contributed by atoms with Crippen molar-refractivity contribution in [3.05, 3.63) is 74.8 Å². The lowest BCUT2D eigenvalue weighted by molar-refractivity contribution is 0.629. The second kappa shape index (κ2) is 6.72. The van der Waals surface area contributed by atoms with Gasteiger partial charge in [0.1, 0.15) is 34.9 Å². The molecular weight excluding hydrogens is 355 g/mol. The van der Waals surface area contributed by atoms with Crippen LogP contribution in [-0.4, -0.2) is 4.98 Å². The molecule has 2 aromatic carbocycles. The Labute approximate surface area is 152 Å². The van der Waals surface area contributed by atoms with Crippen LogP contribution in [0.25, 0.3) is 22.3 Å². The number of nitrogen functional groups attached to an aromatic ring is 1. The van der Waals surface area contributed by atoms with Crippen LogP contribution in [0.4, 0.5) is 10.2 Å². The Hall–Kier alpha value is -3.61. The van der Waals surface area contributed by atoms with Gasteiger partial charge in [-0.2, -0.15) is 10.5 Å². The molecule has 3 aromatic rings. The molecule has 7 heteroatoms. The lowest BCUT2D eigenvalue weighted by Gasteiger charge is -2.10. The van der Waals surface area contributed by atoms with Crippen molar-refractivity contribution in [2.24, 2.45) is 0 Å². The highest BCUT2D eigenvalue weighted by Crippen LogP contribution is 2.31. The van der Waals surface area contributed by atoms with Gasteiger partial charge in [0.05, 0.1) is 5.02 Å². The Morgan fingerprint density at radius 2 is 1.54 bits per heavy atom. The number of nitrogens with two attached hydrogens (primary N) is 1. The standard InChI is InChI=1S/C19H10ClFN4O/c20-15-6-5-12(7-16(15)21)10-1-3-11(4-2-10)17-13(8-22)18(24)25-19(26)14(17)9-23/h1-7H,(H3,24,25,26). The van der Waals surface area contributed by atoms with Crippen molar-refractivity contribution in [1.82, 2.24) is 4.98 Å². The largest absolute Gasteiger partial charge is 0.384 e. The van der Waals surface area contributed by atoms with Crippen molar-refractivity contribution in [3.8, 4) is 34.4 Å². The van der Waals surface area contributed by atoms with E-state index in [0.29, 0.717) is 16.7 Å². The molecule has 0 saturated carbocycles. The molecule has 0 spiro atoms. The Kier molecular flexibility index (Phi) is 4.45. The molecule has 126 valence electrons. The first-order chi connectivity index (χ1) is 12.5. The summed E-state index contributed by atoms with van der Waals surface area (Å²) < 4.78 is 13.6. The summed E-state index contributed by atoms with van der Waals surface area (Å²) in [6, 6.07) is 14.8. The fourth-order valence-electron chi connectivity index (χ4n) is 2.64. The number of anilines is 1. The van der Waals surface area contributed by atoms with Crippen LogP contribution in [0.3, 0.4) is 0 Å². The number of benzene rings is 2. The topological polar surface area (TPSA) is 106 Å². The second-order valence-electron chi connectivity index (χ2n) is 5.42. The first-order valence-corrected chi connectivity index (χ1v) is 7.76. The van der Waals surface area contributed by atoms with Crippen LogP contribution in [0, 0.1) is 28.5 Å². The first-order valence-electron chi connectivity index (χ1n) is 7.38. The molecule has 0 aliphatic carbocycles. The summed E-state index contributed by atoms with van der Waals surface area (Å²) in [5.74, 6) is -0.635. The summed E-state index contributed by atoms with van der Waals surface area (Å²) in [4.78, 5) is 14.3. The van der Waals surface area contributed by atoms with Gasteiger partial charge < -0.3 is 10.7 Å². The first kappa shape index (κ1) is 17.2. The molecule has 0 aliphatic rings. The SMILES string of the molecule is N#Cc1c(N)[nH]c(=O)c(C#N)c1-c1ccc(-c2ccc(Cl)c(F)c2)cc1. The number of hydrogen-bond acceptors (Lipinski definition) is 4. The molecule has 0 amide bonds. The minimum Gasteiger partial charge on any atom is -0.384 e. The summed E-state index contributed by atoms with van der Waals surface area (Å²) in [5.41, 5.74) is 6.84. The molecule has 0 aliphatic heterocycles. The Morgan fingerprint density at radius 3 is 2.12 bits per heavy atom. The van der Waals surface area contributed by atoms with Gasteiger partial charge in [-0.1, -0.05) is 41.9 Å². The lowest BCUT2D eigenvalue weighted by atomic mass is 9.95. The van der Waals surface area contributed by atoms with E-state index in [9.17, 15) is 19.7 Å². The van der Waals surface area contributed by atoms with Crippen molar-refractivity contribution < 1.29 is 4.39 Å². The number of hydrogen-bond donors (Lipinski definition) is 2. The predicted octanol–water partition coefficient (Wildman–Crippen LogP) is 3.83. The van der Waals surface area contributed by atoms with Gasteiger partial charge in [-0.15, -0.1) is 0 Å². The summed E-state index contributed by atoms with van der Waals surface area (Å²) in [6.07, 6.45) is 0. The van der Waals surface area contributed by atoms with E-state index in [1.165, 1.54) is 12.1 Å². The van der Waals surface area contributed by atoms with E-state index in [-0.39, 0.29) is 27.5 Å². The number of nitrogens with zero attached hydrogens (tertiary/aromatic N) is 2. The highest BCUT2D eigenvalue weighted by atomic mass is 35.5. The third-order valence-electron chi connectivity index (χ3n) is 3.89. The number of rotatable bonds is 2. The maximum Gasteiger partial charge on any atom is 0.268 e. The molecule has 1 heterocycles. The van der Waals surface area contributed by atoms with Crippen molar-refractivity contribution >= 4 is 17.4 Å². The number of nitriles is 2. The normalized spacial score (nSPS) is 10.2. The Bertz CT molecular complexity index is 1150. The van der Waals surface area contributed by atoms with Gasteiger partial charge in [0.2, 0.25) is 0 Å². The number of aromatic amines is 1. The molecular formula is C19H10ClFN4O. The van der Waals surface area contributed by atoms with Crippen LogP contribution in [0.2, 0.25) is 5.02 Å². The zero-order chi connectivity index (χ0) is 18.8. The number of nitrogens with one attached hydrogen (secondary N) is 1. The van der Waals surface area contributed by atoms with Gasteiger partial charge in [0.15, 0.2) is 0 Å². The van der Waals surface area contributed by atoms with E-state index in [1.807, 2.05) is 12.1 Å². The zero-order valence-corrected chi connectivity index (χ0v) is 13.9. The van der Waals surface area contributed by atoms with Crippen LogP contribution in [-0.2, 0) is 0 Å². The molecule has 0 radical (unpaired) electrons. The van der Waals surface area contributed by atoms with Crippen LogP contribution < -0.4 is 11.3 Å². The number of pyridine rings is 1. The zero-order valence-electron chi connectivity index (χ0n) is 13.2. The van der Waals surface area contributed by atoms with Crippen LogP contribution in [0.1, 0.15) is 11.1 Å². The van der Waals surface area contributed by atoms with Gasteiger partial charge in [0, 0.05) is 5.56 Å². The fourth-order valence-corrected chi connectivity index (χ4v) is 2.75. The fraction of sp³-hybridized carbons (Fsp3) is 0. The van der Waals surface area contributed by atoms with E-state index in [2.05, 4.69) is 4.98 Å². The number of H-pyrrole nitrogens is 1. The minimum absolute atomic E-state index is 0.0198. The van der Waals surface area contributed by atoms with E-state index in [0.717, 1.165) is 0 Å². The van der Waals surface area contributed by atoms with Gasteiger partial charge in [-0.05, 0) is 28.8 Å². The third kappa shape index (κ3) is 2.90. The van der Waals surface area contributed by atoms with Crippen LogP contribution in [0.15, 0.2) is 47.3 Å². The predicted molar refractivity (Wildman–Crippen MR) is 96.7 cm³/mol. The highest BCUT2D eigenvalue weighted by molar-refractivity contribution is 6.30. The molecule has 3 N–H and O–H groups in total. The Morgan fingerprint density at radius 1 is 0.962 bits per heavy atom. The van der Waals surface area contributed by atoms with Gasteiger partial charge >= 0.3 is 0 Å². The van der Waals surface area contributed by atoms with Crippen molar-refractivity contribution in [2.75, 3.05) is 5.73 Å². The smallest absolute Gasteiger partial charge is 0.268 e. The highest BCUT2D eigenvalue weighted by Gasteiger charge is 2.18. The third-order valence-corrected chi connectivity index (χ3v) is 4.20. The lowest BCUT2D eigenvalue weighted by Crippen LogP contribution is -2.16. The number of halogens is 2. The van der Waals surface area contributed by atoms with Crippen molar-refractivity contribution in [3.63, 3.8) is 0 Å². The molecule has 5 nitrogen and oxygen atoms in total. The van der Waals surface area contributed by atoms with Crippen molar-refractivity contribution in [1.29, 1.82) is 10.5 Å². The van der Waals surface area contributed by atoms with E-state index in [1.54, 1.807) is 30.3 Å². The van der Waals surface area contributed by atoms with Gasteiger partial charge in [0.25, 0.3) is 5.56 Å². The maximum absolute atomic E-state index is 13.6. The second-order valence-corrected chi connectivity index (χ2v) is 5.83. The quantitative estimate of drug-likeness (QED) is 0.720. The number of aromatic nitrogens is 1. The van der Waals surface area contributed by atoms with Crippen LogP contribution in [0.5, 0.6) is 0 Å². The molecule has 3 rings (SSSR count). The average Bonchev–Trinajstić information content (AvgIpc) is 2.63. The van der Waals surface area contributed by atoms with E-state index < -0.39 is 11.4 Å². The molecule has 0 saturated heterocycles. The monoisotopic (exact) mass is 364 g/mol. The average molecular weight is 365 g/mol. The summed E-state index contributed by atoms with van der Waals surface area (Å²) in [7, 11) is 0. The minimum atomic E-state index is -0.664. The molecule has 1 aromatic heterocycles. The van der Waals surface area contributed by atoms with Gasteiger partial charge in [-0.3, -0.25) is 4.79 Å².